The Morgan fingerprint density at radius 1 is 1.06 bits per heavy atom. The Hall–Kier alpha value is -3.20. The molecule has 0 N–H and O–H groups in total. The molecule has 0 radical (unpaired) electrons. The third kappa shape index (κ3) is 4.46. The molecule has 0 unspecified atom stereocenters. The molecule has 11 heteroatoms. The lowest BCUT2D eigenvalue weighted by Crippen LogP contribution is -2.23. The molecule has 0 aliphatic heterocycles. The van der Waals surface area contributed by atoms with Crippen molar-refractivity contribution in [1.82, 2.24) is 19.9 Å². The number of ether oxygens (including phenoxy) is 1. The number of carbonyl (C=O) groups is 1. The number of aromatic nitrogens is 4. The summed E-state index contributed by atoms with van der Waals surface area (Å²) in [4.78, 5) is 29.2. The molecule has 156 valence electrons. The molecule has 0 saturated heterocycles. The summed E-state index contributed by atoms with van der Waals surface area (Å²) in [6, 6.07) is 13.1. The van der Waals surface area contributed by atoms with Crippen molar-refractivity contribution in [2.45, 2.75) is 6.61 Å². The zero-order valence-electron chi connectivity index (χ0n) is 15.5. The van der Waals surface area contributed by atoms with Crippen LogP contribution in [0.25, 0.3) is 17.1 Å². The zero-order valence-corrected chi connectivity index (χ0v) is 17.7. The minimum atomic E-state index is -0.721. The fourth-order valence-electron chi connectivity index (χ4n) is 2.65. The molecule has 0 spiro atoms. The minimum absolute atomic E-state index is 0.0101. The summed E-state index contributed by atoms with van der Waals surface area (Å²) in [6.45, 7) is -0.266. The molecule has 2 heterocycles. The number of halogens is 3. The summed E-state index contributed by atoms with van der Waals surface area (Å²) in [6.07, 6.45) is 1.21. The van der Waals surface area contributed by atoms with E-state index >= 15 is 0 Å². The molecule has 0 aliphatic rings. The second kappa shape index (κ2) is 8.89. The Labute approximate surface area is 189 Å². The summed E-state index contributed by atoms with van der Waals surface area (Å²) in [5.41, 5.74) is 0.302. The van der Waals surface area contributed by atoms with Gasteiger partial charge in [-0.05, 0) is 36.4 Å². The molecule has 2 aromatic carbocycles. The number of rotatable bonds is 5. The van der Waals surface area contributed by atoms with Crippen molar-refractivity contribution in [2.24, 2.45) is 0 Å². The van der Waals surface area contributed by atoms with Crippen LogP contribution >= 0.6 is 34.8 Å². The van der Waals surface area contributed by atoms with E-state index in [1.54, 1.807) is 36.4 Å². The molecule has 0 atom stereocenters. The standard InChI is InChI=1S/C20H11Cl3N4O4/c21-12-7-5-11(6-8-12)18-25-16(31-26-18)10-30-20(29)13-3-1-2-4-15(13)27-19(28)17(23)14(22)9-24-27/h1-9H,10H2. The predicted octanol–water partition coefficient (Wildman–Crippen LogP) is 4.60. The molecule has 8 nitrogen and oxygen atoms in total. The van der Waals surface area contributed by atoms with Crippen molar-refractivity contribution in [3.8, 4) is 17.1 Å². The van der Waals surface area contributed by atoms with Gasteiger partial charge in [0.2, 0.25) is 5.82 Å². The summed E-state index contributed by atoms with van der Waals surface area (Å²) >= 11 is 17.6. The van der Waals surface area contributed by atoms with Crippen LogP contribution in [0.15, 0.2) is 64.0 Å². The van der Waals surface area contributed by atoms with E-state index in [9.17, 15) is 9.59 Å². The summed E-state index contributed by atoms with van der Waals surface area (Å²) in [5.74, 6) is -0.295. The molecule has 0 fully saturated rings. The van der Waals surface area contributed by atoms with E-state index in [0.29, 0.717) is 16.4 Å². The third-order valence-corrected chi connectivity index (χ3v) is 5.13. The molecular formula is C20H11Cl3N4O4. The van der Waals surface area contributed by atoms with Crippen LogP contribution in [0.2, 0.25) is 15.1 Å². The molecule has 4 aromatic rings. The van der Waals surface area contributed by atoms with Crippen molar-refractivity contribution in [3.63, 3.8) is 0 Å². The van der Waals surface area contributed by atoms with Crippen LogP contribution in [0.5, 0.6) is 0 Å². The van der Waals surface area contributed by atoms with Crippen LogP contribution in [0.4, 0.5) is 0 Å². The Morgan fingerprint density at radius 3 is 2.58 bits per heavy atom. The van der Waals surface area contributed by atoms with Crippen LogP contribution in [0, 0.1) is 0 Å². The molecule has 0 bridgehead atoms. The van der Waals surface area contributed by atoms with Crippen molar-refractivity contribution in [3.05, 3.63) is 91.6 Å². The number of carbonyl (C=O) groups excluding carboxylic acids is 1. The second-order valence-corrected chi connectivity index (χ2v) is 7.36. The first-order valence-corrected chi connectivity index (χ1v) is 9.86. The summed E-state index contributed by atoms with van der Waals surface area (Å²) in [5, 5.41) is 8.18. The SMILES string of the molecule is O=C(OCc1nc(-c2ccc(Cl)cc2)no1)c1ccccc1-n1ncc(Cl)c(Cl)c1=O. The third-order valence-electron chi connectivity index (χ3n) is 4.13. The Kier molecular flexibility index (Phi) is 6.03. The maximum absolute atomic E-state index is 12.7. The highest BCUT2D eigenvalue weighted by Gasteiger charge is 2.19. The molecule has 0 amide bonds. The Balaban J connectivity index is 1.54. The van der Waals surface area contributed by atoms with Gasteiger partial charge in [0, 0.05) is 10.6 Å². The zero-order chi connectivity index (χ0) is 22.0. The van der Waals surface area contributed by atoms with E-state index in [2.05, 4.69) is 15.2 Å². The highest BCUT2D eigenvalue weighted by atomic mass is 35.5. The van der Waals surface area contributed by atoms with E-state index in [4.69, 9.17) is 44.1 Å². The van der Waals surface area contributed by atoms with Crippen LogP contribution in [-0.2, 0) is 11.3 Å². The highest BCUT2D eigenvalue weighted by molar-refractivity contribution is 6.41. The van der Waals surface area contributed by atoms with Gasteiger partial charge < -0.3 is 9.26 Å². The highest BCUT2D eigenvalue weighted by Crippen LogP contribution is 2.20. The maximum atomic E-state index is 12.7. The van der Waals surface area contributed by atoms with Gasteiger partial charge in [-0.25, -0.2) is 4.79 Å². The molecule has 31 heavy (non-hydrogen) atoms. The van der Waals surface area contributed by atoms with Crippen molar-refractivity contribution < 1.29 is 14.1 Å². The summed E-state index contributed by atoms with van der Waals surface area (Å²) < 4.78 is 11.4. The lowest BCUT2D eigenvalue weighted by atomic mass is 10.2. The van der Waals surface area contributed by atoms with Crippen LogP contribution in [-0.4, -0.2) is 25.9 Å². The number of benzene rings is 2. The van der Waals surface area contributed by atoms with Gasteiger partial charge in [-0.1, -0.05) is 52.1 Å². The monoisotopic (exact) mass is 476 g/mol. The first-order valence-electron chi connectivity index (χ1n) is 8.72. The fraction of sp³-hybridized carbons (Fsp3) is 0.0500. The quantitative estimate of drug-likeness (QED) is 0.387. The van der Waals surface area contributed by atoms with Gasteiger partial charge in [-0.15, -0.1) is 0 Å². The van der Waals surface area contributed by atoms with Gasteiger partial charge in [0.25, 0.3) is 11.4 Å². The van der Waals surface area contributed by atoms with Crippen LogP contribution in [0.3, 0.4) is 0 Å². The van der Waals surface area contributed by atoms with E-state index in [1.807, 2.05) is 0 Å². The molecular weight excluding hydrogens is 467 g/mol. The van der Waals surface area contributed by atoms with Gasteiger partial charge in [0.15, 0.2) is 6.61 Å². The number of hydrogen-bond acceptors (Lipinski definition) is 7. The normalized spacial score (nSPS) is 10.8. The lowest BCUT2D eigenvalue weighted by Gasteiger charge is -2.10. The van der Waals surface area contributed by atoms with Gasteiger partial charge >= 0.3 is 5.97 Å². The largest absolute Gasteiger partial charge is 0.452 e. The number of hydrogen-bond donors (Lipinski definition) is 0. The smallest absolute Gasteiger partial charge is 0.340 e. The number of esters is 1. The first kappa shape index (κ1) is 21.0. The first-order chi connectivity index (χ1) is 14.9. The van der Waals surface area contributed by atoms with E-state index < -0.39 is 11.5 Å². The maximum Gasteiger partial charge on any atom is 0.340 e. The number of para-hydroxylation sites is 1. The molecule has 4 rings (SSSR count). The topological polar surface area (TPSA) is 100 Å². The van der Waals surface area contributed by atoms with E-state index in [1.165, 1.54) is 18.3 Å². The van der Waals surface area contributed by atoms with Crippen molar-refractivity contribution >= 4 is 40.8 Å². The van der Waals surface area contributed by atoms with Gasteiger partial charge in [0.1, 0.15) is 5.02 Å². The second-order valence-electron chi connectivity index (χ2n) is 6.14. The summed E-state index contributed by atoms with van der Waals surface area (Å²) in [7, 11) is 0. The fourth-order valence-corrected chi connectivity index (χ4v) is 3.03. The van der Waals surface area contributed by atoms with Crippen LogP contribution in [0.1, 0.15) is 16.2 Å². The van der Waals surface area contributed by atoms with E-state index in [0.717, 1.165) is 4.68 Å². The average Bonchev–Trinajstić information content (AvgIpc) is 3.25. The molecule has 0 saturated carbocycles. The molecule has 2 aromatic heterocycles. The van der Waals surface area contributed by atoms with Crippen molar-refractivity contribution in [1.29, 1.82) is 0 Å². The van der Waals surface area contributed by atoms with Gasteiger partial charge in [-0.3, -0.25) is 4.79 Å². The average molecular weight is 478 g/mol. The Morgan fingerprint density at radius 2 is 1.81 bits per heavy atom. The van der Waals surface area contributed by atoms with Crippen LogP contribution < -0.4 is 5.56 Å². The number of nitrogens with zero attached hydrogens (tertiary/aromatic N) is 4. The molecule has 0 aliphatic carbocycles. The van der Waals surface area contributed by atoms with Gasteiger partial charge in [-0.2, -0.15) is 14.8 Å². The van der Waals surface area contributed by atoms with Crippen molar-refractivity contribution in [2.75, 3.05) is 0 Å². The van der Waals surface area contributed by atoms with Gasteiger partial charge in [0.05, 0.1) is 22.5 Å². The Bertz CT molecular complexity index is 1320. The predicted molar refractivity (Wildman–Crippen MR) is 114 cm³/mol. The lowest BCUT2D eigenvalue weighted by molar-refractivity contribution is 0.0429. The minimum Gasteiger partial charge on any atom is -0.452 e. The van der Waals surface area contributed by atoms with E-state index in [-0.39, 0.29) is 33.8 Å².